The number of hydrogen-bond acceptors (Lipinski definition) is 5. The predicted octanol–water partition coefficient (Wildman–Crippen LogP) is 2.09. The molecule has 0 radical (unpaired) electrons. The van der Waals surface area contributed by atoms with Crippen molar-refractivity contribution in [3.8, 4) is 0 Å². The van der Waals surface area contributed by atoms with Gasteiger partial charge in [0.2, 0.25) is 10.0 Å². The number of carbonyl (C=O) groups is 1. The number of likely N-dealkylation sites (tertiary alicyclic amines) is 1. The normalized spacial score (nSPS) is 22.6. The summed E-state index contributed by atoms with van der Waals surface area (Å²) >= 11 is 0. The van der Waals surface area contributed by atoms with Gasteiger partial charge >= 0.3 is 5.97 Å². The fraction of sp³-hybridized carbons (Fsp3) is 0.400. The van der Waals surface area contributed by atoms with Crippen LogP contribution in [0, 0.1) is 0 Å². The van der Waals surface area contributed by atoms with Crippen molar-refractivity contribution in [2.24, 2.45) is 0 Å². The van der Waals surface area contributed by atoms with E-state index < -0.39 is 21.2 Å². The number of hydrogen-bond donors (Lipinski definition) is 1. The van der Waals surface area contributed by atoms with Gasteiger partial charge in [0.25, 0.3) is 0 Å². The molecular weight excluding hydrogens is 378 g/mol. The summed E-state index contributed by atoms with van der Waals surface area (Å²) in [6.07, 6.45) is 2.60. The van der Waals surface area contributed by atoms with E-state index in [1.54, 1.807) is 12.1 Å². The molecule has 28 heavy (non-hydrogen) atoms. The molecule has 1 N–H and O–H groups in total. The number of ether oxygens (including phenoxy) is 1. The molecule has 0 bridgehead atoms. The molecule has 1 saturated heterocycles. The molecule has 7 nitrogen and oxygen atoms in total. The molecule has 2 heterocycles. The quantitative estimate of drug-likeness (QED) is 0.589. The Bertz CT molecular complexity index is 906. The Morgan fingerprint density at radius 3 is 2.43 bits per heavy atom. The van der Waals surface area contributed by atoms with Crippen LogP contribution in [-0.2, 0) is 21.3 Å². The van der Waals surface area contributed by atoms with Crippen LogP contribution in [0.3, 0.4) is 0 Å². The number of carbonyl (C=O) groups excluding carboxylic acids is 1. The molecule has 1 aliphatic heterocycles. The minimum atomic E-state index is -3.44. The first-order chi connectivity index (χ1) is 13.3. The van der Waals surface area contributed by atoms with Gasteiger partial charge in [-0.15, -0.1) is 0 Å². The number of esters is 1. The van der Waals surface area contributed by atoms with Gasteiger partial charge < -0.3 is 4.74 Å². The van der Waals surface area contributed by atoms with Crippen LogP contribution in [-0.4, -0.2) is 51.9 Å². The van der Waals surface area contributed by atoms with Gasteiger partial charge in [0.15, 0.2) is 0 Å². The number of benzene rings is 1. The van der Waals surface area contributed by atoms with Crippen LogP contribution in [0.25, 0.3) is 0 Å². The number of methoxy groups -OCH3 is 1. The molecule has 1 aromatic carbocycles. The van der Waals surface area contributed by atoms with E-state index >= 15 is 0 Å². The average molecular weight is 405 g/mol. The molecule has 8 heteroatoms. The van der Waals surface area contributed by atoms with E-state index in [0.717, 1.165) is 17.6 Å². The largest absolute Gasteiger partial charge is 0.465 e. The molecule has 150 valence electrons. The van der Waals surface area contributed by atoms with Crippen LogP contribution in [0.15, 0.2) is 48.7 Å². The maximum absolute atomic E-state index is 12.7. The Labute approximate surface area is 166 Å². The first kappa shape index (κ1) is 20.4. The maximum atomic E-state index is 12.7. The zero-order valence-corrected chi connectivity index (χ0v) is 17.0. The highest BCUT2D eigenvalue weighted by atomic mass is 32.2. The zero-order chi connectivity index (χ0) is 20.2. The lowest BCUT2D eigenvalue weighted by molar-refractivity contribution is 0.0600. The fourth-order valence-corrected chi connectivity index (χ4v) is 4.95. The minimum absolute atomic E-state index is 0.102. The second-order valence-electron chi connectivity index (χ2n) is 7.27. The molecule has 0 atom stereocenters. The summed E-state index contributed by atoms with van der Waals surface area (Å²) in [4.78, 5) is 15.6. The number of nitrogens with one attached hydrogen (secondary N) is 1. The second kappa shape index (κ2) is 8.38. The predicted molar refractivity (Wildman–Crippen MR) is 108 cm³/mol. The van der Waals surface area contributed by atoms with Gasteiger partial charge in [-0.05, 0) is 24.3 Å². The van der Waals surface area contributed by atoms with E-state index in [-0.39, 0.29) is 6.54 Å². The van der Waals surface area contributed by atoms with Gasteiger partial charge in [0, 0.05) is 19.0 Å². The highest BCUT2D eigenvalue weighted by Gasteiger charge is 2.37. The summed E-state index contributed by atoms with van der Waals surface area (Å²) in [6, 6.07) is 13.4. The van der Waals surface area contributed by atoms with Crippen LogP contribution in [0.4, 0.5) is 5.69 Å². The number of aromatic nitrogens is 1. The summed E-state index contributed by atoms with van der Waals surface area (Å²) in [7, 11) is 0.0162. The van der Waals surface area contributed by atoms with E-state index in [0.29, 0.717) is 24.1 Å². The third-order valence-corrected chi connectivity index (χ3v) is 7.30. The van der Waals surface area contributed by atoms with Crippen molar-refractivity contribution in [1.82, 2.24) is 14.2 Å². The molecule has 0 saturated carbocycles. The summed E-state index contributed by atoms with van der Waals surface area (Å²) in [5, 5.41) is -0.406. The summed E-state index contributed by atoms with van der Waals surface area (Å²) in [5.41, 5.74) is 2.09. The van der Waals surface area contributed by atoms with Crippen LogP contribution < -0.4 is 9.21 Å². The van der Waals surface area contributed by atoms with Gasteiger partial charge in [0.05, 0.1) is 50.3 Å². The van der Waals surface area contributed by atoms with Gasteiger partial charge in [-0.25, -0.2) is 17.9 Å². The van der Waals surface area contributed by atoms with E-state index in [1.165, 1.54) is 19.0 Å². The highest BCUT2D eigenvalue weighted by Crippen LogP contribution is 2.28. The van der Waals surface area contributed by atoms with Crippen LogP contribution in [0.5, 0.6) is 0 Å². The van der Waals surface area contributed by atoms with Gasteiger partial charge in [-0.2, -0.15) is 0 Å². The average Bonchev–Trinajstić information content (AvgIpc) is 2.73. The van der Waals surface area contributed by atoms with Gasteiger partial charge in [0.1, 0.15) is 5.69 Å². The Morgan fingerprint density at radius 2 is 1.86 bits per heavy atom. The van der Waals surface area contributed by atoms with E-state index in [2.05, 4.69) is 33.6 Å². The topological polar surface area (TPSA) is 85.4 Å². The third-order valence-electron chi connectivity index (χ3n) is 5.41. The van der Waals surface area contributed by atoms with Crippen LogP contribution >= 0.6 is 0 Å². The Morgan fingerprint density at radius 1 is 1.18 bits per heavy atom. The first-order valence-corrected chi connectivity index (χ1v) is 10.8. The molecule has 1 aliphatic rings. The number of quaternary nitrogens is 1. The summed E-state index contributed by atoms with van der Waals surface area (Å²) < 4.78 is 33.5. The summed E-state index contributed by atoms with van der Waals surface area (Å²) in [5.74, 6) is -0.471. The lowest BCUT2D eigenvalue weighted by atomic mass is 10.1. The SMILES string of the molecule is COC(=O)c1ccc(CNS(=O)(=O)C2CC[N+](C)(c3ccccc3)CC2)nc1. The first-order valence-electron chi connectivity index (χ1n) is 9.26. The van der Waals surface area contributed by atoms with E-state index in [4.69, 9.17) is 0 Å². The monoisotopic (exact) mass is 404 g/mol. The lowest BCUT2D eigenvalue weighted by Crippen LogP contribution is -2.54. The molecule has 2 aromatic rings. The molecular formula is C20H26N3O4S+. The molecule has 0 spiro atoms. The standard InChI is InChI=1S/C20H26N3O4S/c1-23(18-6-4-3-5-7-18)12-10-19(11-13-23)28(25,26)22-15-17-9-8-16(14-21-17)20(24)27-2/h3-9,14,19,22H,10-13,15H2,1-2H3/q+1. The summed E-state index contributed by atoms with van der Waals surface area (Å²) in [6.45, 7) is 1.66. The molecule has 1 aromatic heterocycles. The molecule has 0 aliphatic carbocycles. The number of sulfonamides is 1. The van der Waals surface area contributed by atoms with Crippen molar-refractivity contribution in [3.63, 3.8) is 0 Å². The minimum Gasteiger partial charge on any atom is -0.465 e. The van der Waals surface area contributed by atoms with Crippen molar-refractivity contribution in [3.05, 3.63) is 59.9 Å². The highest BCUT2D eigenvalue weighted by molar-refractivity contribution is 7.90. The van der Waals surface area contributed by atoms with Gasteiger partial charge in [-0.1, -0.05) is 18.2 Å². The lowest BCUT2D eigenvalue weighted by Gasteiger charge is -2.39. The van der Waals surface area contributed by atoms with Crippen molar-refractivity contribution < 1.29 is 17.9 Å². The smallest absolute Gasteiger partial charge is 0.339 e. The fourth-order valence-electron chi connectivity index (χ4n) is 3.53. The Balaban J connectivity index is 1.58. The number of rotatable bonds is 6. The Hall–Kier alpha value is -2.29. The van der Waals surface area contributed by atoms with Crippen molar-refractivity contribution in [1.29, 1.82) is 0 Å². The number of pyridine rings is 1. The molecule has 0 unspecified atom stereocenters. The number of nitrogens with zero attached hydrogens (tertiary/aromatic N) is 2. The van der Waals surface area contributed by atoms with Gasteiger partial charge in [-0.3, -0.25) is 9.47 Å². The molecule has 3 rings (SSSR count). The van der Waals surface area contributed by atoms with Crippen molar-refractivity contribution >= 4 is 21.7 Å². The second-order valence-corrected chi connectivity index (χ2v) is 9.32. The maximum Gasteiger partial charge on any atom is 0.339 e. The molecule has 1 fully saturated rings. The van der Waals surface area contributed by atoms with Crippen LogP contribution in [0.1, 0.15) is 28.9 Å². The van der Waals surface area contributed by atoms with Crippen molar-refractivity contribution in [2.45, 2.75) is 24.6 Å². The van der Waals surface area contributed by atoms with E-state index in [9.17, 15) is 13.2 Å². The Kier molecular flexibility index (Phi) is 6.12. The third kappa shape index (κ3) is 4.57. The number of piperidine rings is 1. The van der Waals surface area contributed by atoms with E-state index in [1.807, 2.05) is 18.2 Å². The van der Waals surface area contributed by atoms with Crippen molar-refractivity contribution in [2.75, 3.05) is 27.2 Å². The van der Waals surface area contributed by atoms with Crippen LogP contribution in [0.2, 0.25) is 0 Å². The molecule has 0 amide bonds. The zero-order valence-electron chi connectivity index (χ0n) is 16.2. The number of para-hydroxylation sites is 1.